The van der Waals surface area contributed by atoms with Crippen molar-refractivity contribution in [1.29, 1.82) is 0 Å². The number of nitrogens with one attached hydrogen (secondary N) is 1. The summed E-state index contributed by atoms with van der Waals surface area (Å²) >= 11 is 3.38. The van der Waals surface area contributed by atoms with E-state index in [-0.39, 0.29) is 5.91 Å². The first-order valence-electron chi connectivity index (χ1n) is 6.95. The fourth-order valence-corrected chi connectivity index (χ4v) is 3.01. The normalized spacial score (nSPS) is 15.6. The van der Waals surface area contributed by atoms with Gasteiger partial charge in [0.25, 0.3) is 5.91 Å². The average molecular weight is 343 g/mol. The van der Waals surface area contributed by atoms with Crippen molar-refractivity contribution in [3.8, 4) is 0 Å². The second-order valence-corrected chi connectivity index (χ2v) is 5.84. The molecule has 0 heterocycles. The Morgan fingerprint density at radius 3 is 2.67 bits per heavy atom. The minimum atomic E-state index is -0.196. The molecule has 0 fully saturated rings. The summed E-state index contributed by atoms with van der Waals surface area (Å²) in [6, 6.07) is 15.6. The van der Waals surface area contributed by atoms with Crippen LogP contribution in [0.4, 0.5) is 0 Å². The topological polar surface area (TPSA) is 41.5 Å². The lowest BCUT2D eigenvalue weighted by Crippen LogP contribution is -2.22. The van der Waals surface area contributed by atoms with Crippen LogP contribution >= 0.6 is 15.9 Å². The van der Waals surface area contributed by atoms with Gasteiger partial charge in [0.1, 0.15) is 0 Å². The molecule has 1 amide bonds. The van der Waals surface area contributed by atoms with E-state index in [0.717, 1.165) is 35.0 Å². The first-order chi connectivity index (χ1) is 10.3. The molecule has 0 aromatic heterocycles. The van der Waals surface area contributed by atoms with Gasteiger partial charge in [-0.05, 0) is 52.9 Å². The SMILES string of the molecule is O=C(N/N=C1/CCCc2ccccc21)c1ccccc1Br. The monoisotopic (exact) mass is 342 g/mol. The van der Waals surface area contributed by atoms with Crippen LogP contribution < -0.4 is 5.43 Å². The van der Waals surface area contributed by atoms with Crippen molar-refractivity contribution in [1.82, 2.24) is 5.43 Å². The van der Waals surface area contributed by atoms with E-state index in [2.05, 4.69) is 38.6 Å². The van der Waals surface area contributed by atoms with E-state index < -0.39 is 0 Å². The number of rotatable bonds is 2. The number of carbonyl (C=O) groups is 1. The summed E-state index contributed by atoms with van der Waals surface area (Å²) in [5, 5.41) is 4.34. The average Bonchev–Trinajstić information content (AvgIpc) is 2.53. The first kappa shape index (κ1) is 14.0. The lowest BCUT2D eigenvalue weighted by atomic mass is 9.90. The smallest absolute Gasteiger partial charge is 0.267 e. The molecular weight excluding hydrogens is 328 g/mol. The maximum absolute atomic E-state index is 12.2. The Balaban J connectivity index is 1.82. The van der Waals surface area contributed by atoms with Gasteiger partial charge in [0.05, 0.1) is 11.3 Å². The third-order valence-electron chi connectivity index (χ3n) is 3.60. The lowest BCUT2D eigenvalue weighted by molar-refractivity contribution is 0.0954. The second kappa shape index (κ2) is 6.22. The Hall–Kier alpha value is -1.94. The predicted molar refractivity (Wildman–Crippen MR) is 87.5 cm³/mol. The van der Waals surface area contributed by atoms with Crippen molar-refractivity contribution in [2.75, 3.05) is 0 Å². The Labute approximate surface area is 132 Å². The number of hydrazone groups is 1. The van der Waals surface area contributed by atoms with Crippen molar-refractivity contribution in [2.24, 2.45) is 5.10 Å². The second-order valence-electron chi connectivity index (χ2n) is 4.99. The molecule has 3 rings (SSSR count). The van der Waals surface area contributed by atoms with Gasteiger partial charge in [0, 0.05) is 10.0 Å². The Bertz CT molecular complexity index is 709. The van der Waals surface area contributed by atoms with E-state index in [1.807, 2.05) is 30.3 Å². The summed E-state index contributed by atoms with van der Waals surface area (Å²) in [5.74, 6) is -0.196. The number of amides is 1. The molecule has 3 nitrogen and oxygen atoms in total. The number of halogens is 1. The quantitative estimate of drug-likeness (QED) is 0.825. The molecule has 0 atom stereocenters. The Morgan fingerprint density at radius 2 is 1.81 bits per heavy atom. The standard InChI is InChI=1S/C17H15BrN2O/c18-15-10-4-3-9-14(15)17(21)20-19-16-11-5-7-12-6-1-2-8-13(12)16/h1-4,6,8-10H,5,7,11H2,(H,20,21)/b19-16-. The van der Waals surface area contributed by atoms with Gasteiger partial charge in [-0.1, -0.05) is 36.4 Å². The van der Waals surface area contributed by atoms with Crippen molar-refractivity contribution in [3.05, 3.63) is 69.7 Å². The van der Waals surface area contributed by atoms with Gasteiger partial charge in [0.2, 0.25) is 0 Å². The molecule has 2 aromatic rings. The van der Waals surface area contributed by atoms with Crippen LogP contribution in [0.1, 0.15) is 34.3 Å². The van der Waals surface area contributed by atoms with Crippen LogP contribution in [-0.4, -0.2) is 11.6 Å². The summed E-state index contributed by atoms with van der Waals surface area (Å²) in [5.41, 5.74) is 6.67. The predicted octanol–water partition coefficient (Wildman–Crippen LogP) is 3.92. The molecule has 0 aliphatic heterocycles. The number of benzene rings is 2. The largest absolute Gasteiger partial charge is 0.272 e. The number of aryl methyl sites for hydroxylation is 1. The van der Waals surface area contributed by atoms with Crippen molar-refractivity contribution in [2.45, 2.75) is 19.3 Å². The molecule has 4 heteroatoms. The van der Waals surface area contributed by atoms with Crippen molar-refractivity contribution >= 4 is 27.5 Å². The van der Waals surface area contributed by atoms with E-state index >= 15 is 0 Å². The van der Waals surface area contributed by atoms with Crippen molar-refractivity contribution in [3.63, 3.8) is 0 Å². The molecule has 1 aliphatic rings. The summed E-state index contributed by atoms with van der Waals surface area (Å²) < 4.78 is 0.770. The maximum atomic E-state index is 12.2. The number of carbonyl (C=O) groups excluding carboxylic acids is 1. The molecule has 1 N–H and O–H groups in total. The van der Waals surface area contributed by atoms with Gasteiger partial charge in [-0.2, -0.15) is 5.10 Å². The van der Waals surface area contributed by atoms with Crippen LogP contribution in [0.2, 0.25) is 0 Å². The molecule has 0 spiro atoms. The van der Waals surface area contributed by atoms with E-state index in [4.69, 9.17) is 0 Å². The molecule has 0 saturated heterocycles. The zero-order valence-electron chi connectivity index (χ0n) is 11.5. The van der Waals surface area contributed by atoms with E-state index in [1.165, 1.54) is 5.56 Å². The Morgan fingerprint density at radius 1 is 1.05 bits per heavy atom. The van der Waals surface area contributed by atoms with Gasteiger partial charge < -0.3 is 0 Å². The number of fused-ring (bicyclic) bond motifs is 1. The lowest BCUT2D eigenvalue weighted by Gasteiger charge is -2.17. The third kappa shape index (κ3) is 3.05. The summed E-state index contributed by atoms with van der Waals surface area (Å²) in [6.45, 7) is 0. The molecule has 0 unspecified atom stereocenters. The molecule has 106 valence electrons. The van der Waals surface area contributed by atoms with Crippen LogP contribution in [0, 0.1) is 0 Å². The number of hydrogen-bond acceptors (Lipinski definition) is 2. The highest BCUT2D eigenvalue weighted by Gasteiger charge is 2.15. The summed E-state index contributed by atoms with van der Waals surface area (Å²) in [7, 11) is 0. The Kier molecular flexibility index (Phi) is 4.15. The molecule has 0 saturated carbocycles. The van der Waals surface area contributed by atoms with Crippen LogP contribution in [0.15, 0.2) is 58.1 Å². The summed E-state index contributed by atoms with van der Waals surface area (Å²) in [4.78, 5) is 12.2. The third-order valence-corrected chi connectivity index (χ3v) is 4.29. The molecule has 0 radical (unpaired) electrons. The number of hydrogen-bond donors (Lipinski definition) is 1. The molecule has 21 heavy (non-hydrogen) atoms. The van der Waals surface area contributed by atoms with Gasteiger partial charge in [-0.25, -0.2) is 5.43 Å². The molecule has 2 aromatic carbocycles. The van der Waals surface area contributed by atoms with Crippen LogP contribution in [-0.2, 0) is 6.42 Å². The van der Waals surface area contributed by atoms with Gasteiger partial charge >= 0.3 is 0 Å². The molecular formula is C17H15BrN2O. The van der Waals surface area contributed by atoms with Crippen LogP contribution in [0.25, 0.3) is 0 Å². The minimum absolute atomic E-state index is 0.196. The molecule has 0 bridgehead atoms. The fourth-order valence-electron chi connectivity index (χ4n) is 2.54. The van der Waals surface area contributed by atoms with Gasteiger partial charge in [-0.15, -0.1) is 0 Å². The van der Waals surface area contributed by atoms with E-state index in [0.29, 0.717) is 5.56 Å². The van der Waals surface area contributed by atoms with Crippen LogP contribution in [0.5, 0.6) is 0 Å². The van der Waals surface area contributed by atoms with Crippen LogP contribution in [0.3, 0.4) is 0 Å². The van der Waals surface area contributed by atoms with E-state index in [1.54, 1.807) is 6.07 Å². The molecule has 1 aliphatic carbocycles. The van der Waals surface area contributed by atoms with E-state index in [9.17, 15) is 4.79 Å². The highest BCUT2D eigenvalue weighted by atomic mass is 79.9. The van der Waals surface area contributed by atoms with Gasteiger partial charge in [0.15, 0.2) is 0 Å². The van der Waals surface area contributed by atoms with Gasteiger partial charge in [-0.3, -0.25) is 4.79 Å². The minimum Gasteiger partial charge on any atom is -0.267 e. The fraction of sp³-hybridized carbons (Fsp3) is 0.176. The summed E-state index contributed by atoms with van der Waals surface area (Å²) in [6.07, 6.45) is 3.04. The number of nitrogens with zero attached hydrogens (tertiary/aromatic N) is 1. The zero-order valence-corrected chi connectivity index (χ0v) is 13.1. The maximum Gasteiger partial charge on any atom is 0.272 e. The first-order valence-corrected chi connectivity index (χ1v) is 7.75. The van der Waals surface area contributed by atoms with Crippen molar-refractivity contribution < 1.29 is 4.79 Å². The highest BCUT2D eigenvalue weighted by molar-refractivity contribution is 9.10. The highest BCUT2D eigenvalue weighted by Crippen LogP contribution is 2.21. The zero-order chi connectivity index (χ0) is 14.7.